The predicted molar refractivity (Wildman–Crippen MR) is 107 cm³/mol. The van der Waals surface area contributed by atoms with Gasteiger partial charge in [0.1, 0.15) is 17.7 Å². The first-order chi connectivity index (χ1) is 16.4. The second-order valence-corrected chi connectivity index (χ2v) is 7.49. The zero-order valence-electron chi connectivity index (χ0n) is 17.4. The van der Waals surface area contributed by atoms with E-state index in [1.54, 1.807) is 0 Å². The maximum atomic E-state index is 13.6. The van der Waals surface area contributed by atoms with E-state index in [0.717, 1.165) is 12.1 Å². The number of aromatic nitrogens is 3. The summed E-state index contributed by atoms with van der Waals surface area (Å²) in [7, 11) is 0. The van der Waals surface area contributed by atoms with E-state index in [1.807, 2.05) is 0 Å². The first-order valence-electron chi connectivity index (χ1n) is 9.85. The second-order valence-electron chi connectivity index (χ2n) is 7.49. The van der Waals surface area contributed by atoms with Gasteiger partial charge in [-0.15, -0.1) is 0 Å². The maximum Gasteiger partial charge on any atom is 0.417 e. The first-order valence-corrected chi connectivity index (χ1v) is 9.85. The standard InChI is InChI=1S/C21H14F7N5O2/c22-13-3-11(20(23,24)25)4-15(6-13)35-16-9-33(10-16)17-5-12(21(26,27)28)7-29-18(17)19(34)32-14-1-2-30-31-8-14/h1-8,16H,9-10H2,(H,30,32,34). The molecule has 3 aromatic rings. The van der Waals surface area contributed by atoms with Gasteiger partial charge >= 0.3 is 12.4 Å². The number of benzene rings is 1. The van der Waals surface area contributed by atoms with Crippen LogP contribution in [0.5, 0.6) is 5.75 Å². The van der Waals surface area contributed by atoms with Crippen molar-refractivity contribution in [2.75, 3.05) is 23.3 Å². The van der Waals surface area contributed by atoms with E-state index in [9.17, 15) is 35.5 Å². The van der Waals surface area contributed by atoms with E-state index in [1.165, 1.54) is 23.4 Å². The highest BCUT2D eigenvalue weighted by atomic mass is 19.4. The molecule has 1 aliphatic rings. The number of hydrogen-bond donors (Lipinski definition) is 1. The van der Waals surface area contributed by atoms with Crippen LogP contribution in [0.4, 0.5) is 42.1 Å². The molecule has 0 radical (unpaired) electrons. The molecule has 3 heterocycles. The third kappa shape index (κ3) is 5.58. The van der Waals surface area contributed by atoms with Gasteiger partial charge in [-0.05, 0) is 24.3 Å². The minimum atomic E-state index is -4.79. The van der Waals surface area contributed by atoms with Gasteiger partial charge < -0.3 is 15.0 Å². The van der Waals surface area contributed by atoms with Crippen LogP contribution >= 0.6 is 0 Å². The zero-order chi connectivity index (χ0) is 25.4. The maximum absolute atomic E-state index is 13.6. The Morgan fingerprint density at radius 1 is 0.971 bits per heavy atom. The molecular weight excluding hydrogens is 487 g/mol. The minimum absolute atomic E-state index is 0.0854. The van der Waals surface area contributed by atoms with Crippen molar-refractivity contribution < 1.29 is 40.3 Å². The molecular formula is C21H14F7N5O2. The normalized spacial score (nSPS) is 14.4. The lowest BCUT2D eigenvalue weighted by atomic mass is 10.1. The van der Waals surface area contributed by atoms with Gasteiger partial charge in [0.25, 0.3) is 5.91 Å². The summed E-state index contributed by atoms with van der Waals surface area (Å²) in [5.41, 5.74) is -2.59. The van der Waals surface area contributed by atoms with Crippen molar-refractivity contribution in [3.63, 3.8) is 0 Å². The summed E-state index contributed by atoms with van der Waals surface area (Å²) in [5, 5.41) is 9.58. The molecule has 0 unspecified atom stereocenters. The third-order valence-electron chi connectivity index (χ3n) is 4.94. The smallest absolute Gasteiger partial charge is 0.417 e. The van der Waals surface area contributed by atoms with E-state index < -0.39 is 41.3 Å². The number of carbonyl (C=O) groups excluding carboxylic acids is 1. The van der Waals surface area contributed by atoms with Crippen molar-refractivity contribution in [3.8, 4) is 5.75 Å². The molecule has 184 valence electrons. The summed E-state index contributed by atoms with van der Waals surface area (Å²) < 4.78 is 97.4. The van der Waals surface area contributed by atoms with Gasteiger partial charge in [-0.3, -0.25) is 4.79 Å². The highest BCUT2D eigenvalue weighted by molar-refractivity contribution is 6.06. The highest BCUT2D eigenvalue weighted by Gasteiger charge is 2.37. The van der Waals surface area contributed by atoms with Gasteiger partial charge in [-0.25, -0.2) is 9.37 Å². The summed E-state index contributed by atoms with van der Waals surface area (Å²) in [5.74, 6) is -2.35. The summed E-state index contributed by atoms with van der Waals surface area (Å²) in [6.07, 6.45) is -7.26. The van der Waals surface area contributed by atoms with Crippen LogP contribution in [-0.4, -0.2) is 40.3 Å². The van der Waals surface area contributed by atoms with Gasteiger partial charge in [0.05, 0.1) is 48.0 Å². The molecule has 1 fully saturated rings. The third-order valence-corrected chi connectivity index (χ3v) is 4.94. The molecule has 4 rings (SSSR count). The quantitative estimate of drug-likeness (QED) is 0.517. The SMILES string of the molecule is O=C(Nc1ccnnc1)c1ncc(C(F)(F)F)cc1N1CC(Oc2cc(F)cc(C(F)(F)F)c2)C1. The van der Waals surface area contributed by atoms with Crippen LogP contribution in [-0.2, 0) is 12.4 Å². The molecule has 1 aliphatic heterocycles. The van der Waals surface area contributed by atoms with Gasteiger partial charge in [-0.1, -0.05) is 0 Å². The Bertz CT molecular complexity index is 1230. The molecule has 35 heavy (non-hydrogen) atoms. The predicted octanol–water partition coefficient (Wildman–Crippen LogP) is 4.57. The number of rotatable bonds is 5. The van der Waals surface area contributed by atoms with Gasteiger partial charge in [-0.2, -0.15) is 36.5 Å². The number of nitrogens with one attached hydrogen (secondary N) is 1. The number of halogens is 7. The lowest BCUT2D eigenvalue weighted by molar-refractivity contribution is -0.138. The Morgan fingerprint density at radius 2 is 1.69 bits per heavy atom. The molecule has 1 saturated heterocycles. The molecule has 14 heteroatoms. The van der Waals surface area contributed by atoms with Crippen molar-refractivity contribution in [1.82, 2.24) is 15.2 Å². The molecule has 0 atom stereocenters. The molecule has 0 bridgehead atoms. The Morgan fingerprint density at radius 3 is 2.31 bits per heavy atom. The molecule has 1 amide bonds. The molecule has 0 spiro atoms. The van der Waals surface area contributed by atoms with Crippen LogP contribution in [0.3, 0.4) is 0 Å². The number of pyridine rings is 1. The van der Waals surface area contributed by atoms with Gasteiger partial charge in [0, 0.05) is 12.3 Å². The van der Waals surface area contributed by atoms with Gasteiger partial charge in [0.2, 0.25) is 0 Å². The monoisotopic (exact) mass is 501 g/mol. The Balaban J connectivity index is 1.54. The number of carbonyl (C=O) groups is 1. The second kappa shape index (κ2) is 9.00. The summed E-state index contributed by atoms with van der Waals surface area (Å²) in [6, 6.07) is 3.87. The highest BCUT2D eigenvalue weighted by Crippen LogP contribution is 2.36. The fourth-order valence-electron chi connectivity index (χ4n) is 3.28. The number of amides is 1. The van der Waals surface area contributed by atoms with Crippen LogP contribution in [0.15, 0.2) is 48.9 Å². The number of ether oxygens (including phenoxy) is 1. The molecule has 2 aromatic heterocycles. The van der Waals surface area contributed by atoms with Crippen LogP contribution in [0.2, 0.25) is 0 Å². The minimum Gasteiger partial charge on any atom is -0.487 e. The van der Waals surface area contributed by atoms with Crippen LogP contribution in [0.25, 0.3) is 0 Å². The number of hydrogen-bond acceptors (Lipinski definition) is 6. The van der Waals surface area contributed by atoms with E-state index in [0.29, 0.717) is 18.3 Å². The zero-order valence-corrected chi connectivity index (χ0v) is 17.4. The molecule has 1 aromatic carbocycles. The molecule has 0 aliphatic carbocycles. The average molecular weight is 501 g/mol. The topological polar surface area (TPSA) is 80.2 Å². The fourth-order valence-corrected chi connectivity index (χ4v) is 3.28. The van der Waals surface area contributed by atoms with E-state index >= 15 is 0 Å². The van der Waals surface area contributed by atoms with Crippen LogP contribution in [0.1, 0.15) is 21.6 Å². The number of nitrogens with zero attached hydrogens (tertiary/aromatic N) is 4. The summed E-state index contributed by atoms with van der Waals surface area (Å²) >= 11 is 0. The van der Waals surface area contributed by atoms with Crippen LogP contribution < -0.4 is 15.0 Å². The van der Waals surface area contributed by atoms with Crippen molar-refractivity contribution >= 4 is 17.3 Å². The lowest BCUT2D eigenvalue weighted by Gasteiger charge is -2.41. The fraction of sp³-hybridized carbons (Fsp3) is 0.238. The number of alkyl halides is 6. The molecule has 1 N–H and O–H groups in total. The average Bonchev–Trinajstić information content (AvgIpc) is 2.74. The van der Waals surface area contributed by atoms with E-state index in [4.69, 9.17) is 4.74 Å². The Kier molecular flexibility index (Phi) is 6.21. The Labute approximate surface area is 192 Å². The van der Waals surface area contributed by atoms with Crippen molar-refractivity contribution in [2.24, 2.45) is 0 Å². The summed E-state index contributed by atoms with van der Waals surface area (Å²) in [6.45, 7) is -0.171. The summed E-state index contributed by atoms with van der Waals surface area (Å²) in [4.78, 5) is 17.7. The molecule has 7 nitrogen and oxygen atoms in total. The van der Waals surface area contributed by atoms with Crippen molar-refractivity contribution in [3.05, 3.63) is 71.6 Å². The lowest BCUT2D eigenvalue weighted by Crippen LogP contribution is -2.54. The van der Waals surface area contributed by atoms with Crippen molar-refractivity contribution in [2.45, 2.75) is 18.5 Å². The number of anilines is 2. The van der Waals surface area contributed by atoms with E-state index in [2.05, 4.69) is 20.5 Å². The first kappa shape index (κ1) is 24.2. The largest absolute Gasteiger partial charge is 0.487 e. The van der Waals surface area contributed by atoms with Crippen LogP contribution in [0, 0.1) is 5.82 Å². The van der Waals surface area contributed by atoms with E-state index in [-0.39, 0.29) is 35.9 Å². The molecule has 0 saturated carbocycles. The van der Waals surface area contributed by atoms with Crippen molar-refractivity contribution in [1.29, 1.82) is 0 Å². The Hall–Kier alpha value is -3.97. The van der Waals surface area contributed by atoms with Gasteiger partial charge in [0.15, 0.2) is 5.69 Å².